The molecule has 1 rings (SSSR count). The molecule has 104 valence electrons. The van der Waals surface area contributed by atoms with Crippen LogP contribution < -0.4 is 10.6 Å². The Bertz CT molecular complexity index is 477. The van der Waals surface area contributed by atoms with E-state index in [0.29, 0.717) is 23.7 Å². The Morgan fingerprint density at radius 1 is 1.42 bits per heavy atom. The number of carbonyl (C=O) groups excluding carboxylic acids is 1. The topological polar surface area (TPSA) is 78.4 Å². The van der Waals surface area contributed by atoms with E-state index in [1.807, 2.05) is 6.92 Å². The van der Waals surface area contributed by atoms with Crippen molar-refractivity contribution in [2.45, 2.75) is 20.3 Å². The van der Waals surface area contributed by atoms with Crippen LogP contribution in [0.2, 0.25) is 5.02 Å². The highest BCUT2D eigenvalue weighted by atomic mass is 35.5. The molecule has 2 amide bonds. The minimum atomic E-state index is -0.868. The van der Waals surface area contributed by atoms with E-state index in [2.05, 4.69) is 10.6 Å². The van der Waals surface area contributed by atoms with Crippen LogP contribution in [0.4, 0.5) is 10.5 Å². The summed E-state index contributed by atoms with van der Waals surface area (Å²) < 4.78 is 0. The molecule has 1 aromatic carbocycles. The molecule has 1 aromatic rings. The van der Waals surface area contributed by atoms with Gasteiger partial charge in [-0.25, -0.2) is 4.79 Å². The Balaban J connectivity index is 2.43. The van der Waals surface area contributed by atoms with Gasteiger partial charge in [-0.15, -0.1) is 0 Å². The lowest BCUT2D eigenvalue weighted by Gasteiger charge is -2.11. The van der Waals surface area contributed by atoms with Crippen molar-refractivity contribution in [3.63, 3.8) is 0 Å². The van der Waals surface area contributed by atoms with Gasteiger partial charge in [0.2, 0.25) is 0 Å². The summed E-state index contributed by atoms with van der Waals surface area (Å²) in [5.74, 6) is -1.35. The van der Waals surface area contributed by atoms with Crippen LogP contribution in [-0.4, -0.2) is 23.7 Å². The van der Waals surface area contributed by atoms with Gasteiger partial charge < -0.3 is 15.7 Å². The molecule has 3 N–H and O–H groups in total. The maximum absolute atomic E-state index is 11.6. The van der Waals surface area contributed by atoms with Crippen LogP contribution in [0, 0.1) is 12.8 Å². The quantitative estimate of drug-likeness (QED) is 0.778. The number of carboxylic acid groups (broad SMARTS) is 1. The Labute approximate surface area is 117 Å². The molecule has 0 aromatic heterocycles. The Morgan fingerprint density at radius 2 is 2.11 bits per heavy atom. The summed E-state index contributed by atoms with van der Waals surface area (Å²) >= 11 is 5.94. The first-order valence-electron chi connectivity index (χ1n) is 5.94. The van der Waals surface area contributed by atoms with Gasteiger partial charge in [0.1, 0.15) is 0 Å². The number of carboxylic acids is 1. The average Bonchev–Trinajstić information content (AvgIpc) is 2.34. The number of rotatable bonds is 5. The van der Waals surface area contributed by atoms with Crippen LogP contribution in [0.1, 0.15) is 18.9 Å². The zero-order valence-electron chi connectivity index (χ0n) is 10.9. The molecule has 6 heteroatoms. The highest BCUT2D eigenvalue weighted by Crippen LogP contribution is 2.22. The monoisotopic (exact) mass is 284 g/mol. The largest absolute Gasteiger partial charge is 0.481 e. The molecular weight excluding hydrogens is 268 g/mol. The Hall–Kier alpha value is -1.75. The van der Waals surface area contributed by atoms with Crippen molar-refractivity contribution in [3.05, 3.63) is 28.8 Å². The average molecular weight is 285 g/mol. The third-order valence-corrected chi connectivity index (χ3v) is 3.21. The molecule has 0 bridgehead atoms. The van der Waals surface area contributed by atoms with E-state index in [9.17, 15) is 9.59 Å². The van der Waals surface area contributed by atoms with E-state index in [1.54, 1.807) is 25.1 Å². The first kappa shape index (κ1) is 15.3. The molecule has 0 aliphatic rings. The zero-order chi connectivity index (χ0) is 14.4. The molecule has 0 heterocycles. The lowest BCUT2D eigenvalue weighted by Crippen LogP contribution is -2.31. The first-order valence-corrected chi connectivity index (χ1v) is 6.32. The van der Waals surface area contributed by atoms with Crippen LogP contribution in [0.3, 0.4) is 0 Å². The van der Waals surface area contributed by atoms with Gasteiger partial charge in [0.05, 0.1) is 5.92 Å². The lowest BCUT2D eigenvalue weighted by atomic mass is 10.1. The van der Waals surface area contributed by atoms with Gasteiger partial charge in [-0.3, -0.25) is 4.79 Å². The number of hydrogen-bond donors (Lipinski definition) is 3. The number of aliphatic carboxylic acids is 1. The molecule has 0 radical (unpaired) electrons. The van der Waals surface area contributed by atoms with E-state index < -0.39 is 11.9 Å². The van der Waals surface area contributed by atoms with Crippen molar-refractivity contribution in [3.8, 4) is 0 Å². The third kappa shape index (κ3) is 4.79. The van der Waals surface area contributed by atoms with Crippen molar-refractivity contribution in [2.75, 3.05) is 11.9 Å². The predicted octanol–water partition coefficient (Wildman–Crippen LogP) is 2.88. The van der Waals surface area contributed by atoms with Gasteiger partial charge in [0, 0.05) is 17.3 Å². The number of benzene rings is 1. The lowest BCUT2D eigenvalue weighted by molar-refractivity contribution is -0.141. The summed E-state index contributed by atoms with van der Waals surface area (Å²) in [6.07, 6.45) is 0.386. The fourth-order valence-corrected chi connectivity index (χ4v) is 1.61. The Kier molecular flexibility index (Phi) is 5.63. The summed E-state index contributed by atoms with van der Waals surface area (Å²) in [4.78, 5) is 22.2. The van der Waals surface area contributed by atoms with E-state index in [0.717, 1.165) is 5.56 Å². The van der Waals surface area contributed by atoms with Gasteiger partial charge in [-0.2, -0.15) is 0 Å². The van der Waals surface area contributed by atoms with Crippen LogP contribution in [-0.2, 0) is 4.79 Å². The maximum Gasteiger partial charge on any atom is 0.319 e. The second-order valence-corrected chi connectivity index (χ2v) is 4.73. The minimum absolute atomic E-state index is 0.304. The molecule has 0 spiro atoms. The van der Waals surface area contributed by atoms with E-state index >= 15 is 0 Å². The van der Waals surface area contributed by atoms with Crippen molar-refractivity contribution in [1.82, 2.24) is 5.32 Å². The third-order valence-electron chi connectivity index (χ3n) is 2.80. The molecule has 1 atom stereocenters. The number of carbonyl (C=O) groups is 2. The van der Waals surface area contributed by atoms with Crippen LogP contribution in [0.15, 0.2) is 18.2 Å². The summed E-state index contributed by atoms with van der Waals surface area (Å²) in [6.45, 7) is 3.71. The molecular formula is C13H17ClN2O3. The number of nitrogens with one attached hydrogen (secondary N) is 2. The number of halogens is 1. The maximum atomic E-state index is 11.6. The number of urea groups is 1. The number of anilines is 1. The van der Waals surface area contributed by atoms with Crippen molar-refractivity contribution >= 4 is 29.3 Å². The smallest absolute Gasteiger partial charge is 0.319 e. The van der Waals surface area contributed by atoms with Gasteiger partial charge >= 0.3 is 12.0 Å². The standard InChI is InChI=1S/C13H17ClN2O3/c1-8(12(17)18)6-7-15-13(19)16-11-5-3-4-10(14)9(11)2/h3-5,8H,6-7H2,1-2H3,(H,17,18)(H2,15,16,19). The summed E-state index contributed by atoms with van der Waals surface area (Å²) in [7, 11) is 0. The van der Waals surface area contributed by atoms with Crippen molar-refractivity contribution < 1.29 is 14.7 Å². The molecule has 19 heavy (non-hydrogen) atoms. The van der Waals surface area contributed by atoms with E-state index in [-0.39, 0.29) is 6.03 Å². The zero-order valence-corrected chi connectivity index (χ0v) is 11.6. The van der Waals surface area contributed by atoms with E-state index in [4.69, 9.17) is 16.7 Å². The molecule has 0 saturated heterocycles. The molecule has 0 fully saturated rings. The van der Waals surface area contributed by atoms with Crippen molar-refractivity contribution in [2.24, 2.45) is 5.92 Å². The van der Waals surface area contributed by atoms with Crippen LogP contribution >= 0.6 is 11.6 Å². The molecule has 0 aliphatic carbocycles. The highest BCUT2D eigenvalue weighted by molar-refractivity contribution is 6.31. The van der Waals surface area contributed by atoms with Crippen LogP contribution in [0.5, 0.6) is 0 Å². The normalized spacial score (nSPS) is 11.7. The number of amides is 2. The summed E-state index contributed by atoms with van der Waals surface area (Å²) in [5.41, 5.74) is 1.43. The molecule has 1 unspecified atom stereocenters. The van der Waals surface area contributed by atoms with Gasteiger partial charge in [0.25, 0.3) is 0 Å². The predicted molar refractivity (Wildman–Crippen MR) is 74.6 cm³/mol. The minimum Gasteiger partial charge on any atom is -0.481 e. The van der Waals surface area contributed by atoms with Crippen LogP contribution in [0.25, 0.3) is 0 Å². The molecule has 5 nitrogen and oxygen atoms in total. The van der Waals surface area contributed by atoms with Crippen molar-refractivity contribution in [1.29, 1.82) is 0 Å². The first-order chi connectivity index (χ1) is 8.91. The molecule has 0 aliphatic heterocycles. The fraction of sp³-hybridized carbons (Fsp3) is 0.385. The van der Waals surface area contributed by atoms with Gasteiger partial charge in [-0.05, 0) is 31.0 Å². The highest BCUT2D eigenvalue weighted by Gasteiger charge is 2.11. The Morgan fingerprint density at radius 3 is 2.74 bits per heavy atom. The van der Waals surface area contributed by atoms with E-state index in [1.165, 1.54) is 0 Å². The summed E-state index contributed by atoms with van der Waals surface area (Å²) in [6, 6.07) is 4.87. The SMILES string of the molecule is Cc1c(Cl)cccc1NC(=O)NCCC(C)C(=O)O. The second kappa shape index (κ2) is 6.99. The molecule has 0 saturated carbocycles. The summed E-state index contributed by atoms with van der Waals surface area (Å²) in [5, 5.41) is 14.6. The number of hydrogen-bond acceptors (Lipinski definition) is 2. The van der Waals surface area contributed by atoms with Gasteiger partial charge in [-0.1, -0.05) is 24.6 Å². The second-order valence-electron chi connectivity index (χ2n) is 4.32. The fourth-order valence-electron chi connectivity index (χ4n) is 1.44. The van der Waals surface area contributed by atoms with Gasteiger partial charge in [0.15, 0.2) is 0 Å².